The van der Waals surface area contributed by atoms with Crippen LogP contribution in [0.4, 0.5) is 14.6 Å². The highest BCUT2D eigenvalue weighted by Crippen LogP contribution is 2.38. The van der Waals surface area contributed by atoms with Crippen molar-refractivity contribution in [2.24, 2.45) is 0 Å². The van der Waals surface area contributed by atoms with Crippen LogP contribution < -0.4 is 9.64 Å². The molecule has 3 heterocycles. The van der Waals surface area contributed by atoms with Crippen LogP contribution in [0.15, 0.2) is 61.2 Å². The lowest BCUT2D eigenvalue weighted by Gasteiger charge is -2.41. The number of halogens is 3. The number of aromatic nitrogens is 2. The second kappa shape index (κ2) is 12.3. The van der Waals surface area contributed by atoms with E-state index in [0.717, 1.165) is 10.8 Å². The van der Waals surface area contributed by atoms with E-state index in [9.17, 15) is 14.4 Å². The SMILES string of the molecule is C=CC(=O)N1CCN(c2nc(OC[C@@H]3C[C@@H](F)CN3C)nc3cc(-c4cccc5cccc(Cl)c45)c(F)cc23)C[C@@H]1CC#N. The molecule has 0 aliphatic carbocycles. The Bertz CT molecular complexity index is 1790. The van der Waals surface area contributed by atoms with Crippen LogP contribution in [0.3, 0.4) is 0 Å². The van der Waals surface area contributed by atoms with Crippen molar-refractivity contribution >= 4 is 45.0 Å². The number of likely N-dealkylation sites (N-methyl/N-ethyl adjacent to an activating group) is 1. The zero-order chi connectivity index (χ0) is 31.0. The molecule has 2 aliphatic heterocycles. The van der Waals surface area contributed by atoms with E-state index in [0.29, 0.717) is 65.5 Å². The number of anilines is 1. The number of alkyl halides is 1. The first kappa shape index (κ1) is 29.7. The van der Waals surface area contributed by atoms with Gasteiger partial charge in [0.15, 0.2) is 0 Å². The van der Waals surface area contributed by atoms with E-state index in [1.54, 1.807) is 17.0 Å². The summed E-state index contributed by atoms with van der Waals surface area (Å²) in [5.74, 6) is -0.292. The summed E-state index contributed by atoms with van der Waals surface area (Å²) in [5, 5.41) is 12.1. The van der Waals surface area contributed by atoms with Gasteiger partial charge in [-0.05, 0) is 48.7 Å². The van der Waals surface area contributed by atoms with Crippen LogP contribution >= 0.6 is 11.6 Å². The third-order valence-electron chi connectivity index (χ3n) is 8.50. The zero-order valence-corrected chi connectivity index (χ0v) is 25.0. The van der Waals surface area contributed by atoms with Gasteiger partial charge in [0.2, 0.25) is 5.91 Å². The van der Waals surface area contributed by atoms with Crippen LogP contribution in [0.1, 0.15) is 12.8 Å². The Morgan fingerprint density at radius 2 is 1.95 bits per heavy atom. The first-order chi connectivity index (χ1) is 21.3. The van der Waals surface area contributed by atoms with E-state index >= 15 is 4.39 Å². The van der Waals surface area contributed by atoms with Gasteiger partial charge in [0.1, 0.15) is 24.4 Å². The predicted octanol–water partition coefficient (Wildman–Crippen LogP) is 5.78. The smallest absolute Gasteiger partial charge is 0.319 e. The van der Waals surface area contributed by atoms with Crippen molar-refractivity contribution in [2.45, 2.75) is 31.1 Å². The highest BCUT2D eigenvalue weighted by molar-refractivity contribution is 6.36. The van der Waals surface area contributed by atoms with Gasteiger partial charge in [0.25, 0.3) is 0 Å². The minimum atomic E-state index is -0.925. The molecule has 0 radical (unpaired) electrons. The van der Waals surface area contributed by atoms with Gasteiger partial charge in [0, 0.05) is 53.6 Å². The first-order valence-corrected chi connectivity index (χ1v) is 14.9. The van der Waals surface area contributed by atoms with Crippen LogP contribution in [-0.4, -0.2) is 83.8 Å². The van der Waals surface area contributed by atoms with Gasteiger partial charge in [0.05, 0.1) is 24.0 Å². The number of nitriles is 1. The van der Waals surface area contributed by atoms with Crippen LogP contribution in [0.25, 0.3) is 32.8 Å². The largest absolute Gasteiger partial charge is 0.462 e. The maximum Gasteiger partial charge on any atom is 0.319 e. The summed E-state index contributed by atoms with van der Waals surface area (Å²) in [6.07, 6.45) is 0.779. The maximum absolute atomic E-state index is 16.1. The molecule has 3 aromatic carbocycles. The highest BCUT2D eigenvalue weighted by atomic mass is 35.5. The molecule has 11 heteroatoms. The maximum atomic E-state index is 16.1. The Morgan fingerprint density at radius 1 is 1.16 bits per heavy atom. The molecular formula is C33H31ClF2N6O2. The molecule has 2 aliphatic rings. The molecule has 0 spiro atoms. The molecule has 1 aromatic heterocycles. The number of fused-ring (bicyclic) bond motifs is 2. The van der Waals surface area contributed by atoms with Crippen molar-refractivity contribution < 1.29 is 18.3 Å². The lowest BCUT2D eigenvalue weighted by molar-refractivity contribution is -0.128. The van der Waals surface area contributed by atoms with Gasteiger partial charge in [-0.25, -0.2) is 8.78 Å². The van der Waals surface area contributed by atoms with Crippen LogP contribution in [0.5, 0.6) is 6.01 Å². The Hall–Kier alpha value is -4.33. The number of hydrogen-bond acceptors (Lipinski definition) is 7. The summed E-state index contributed by atoms with van der Waals surface area (Å²) in [6.45, 7) is 5.14. The molecule has 1 amide bonds. The van der Waals surface area contributed by atoms with Gasteiger partial charge in [-0.1, -0.05) is 48.5 Å². The number of likely N-dealkylation sites (tertiary alicyclic amines) is 1. The topological polar surface area (TPSA) is 85.6 Å². The minimum Gasteiger partial charge on any atom is -0.462 e. The van der Waals surface area contributed by atoms with E-state index < -0.39 is 18.0 Å². The summed E-state index contributed by atoms with van der Waals surface area (Å²) in [6, 6.07) is 15.9. The van der Waals surface area contributed by atoms with Gasteiger partial charge in [-0.3, -0.25) is 9.69 Å². The van der Waals surface area contributed by atoms with Crippen molar-refractivity contribution in [3.05, 3.63) is 72.0 Å². The normalized spacial score (nSPS) is 20.7. The number of carbonyl (C=O) groups excluding carboxylic acids is 1. The molecule has 3 atom stereocenters. The van der Waals surface area contributed by atoms with Gasteiger partial charge in [-0.15, -0.1) is 0 Å². The van der Waals surface area contributed by atoms with Crippen molar-refractivity contribution in [3.63, 3.8) is 0 Å². The summed E-state index contributed by atoms with van der Waals surface area (Å²) in [7, 11) is 1.85. The molecule has 0 bridgehead atoms. The number of benzene rings is 3. The molecule has 226 valence electrons. The van der Waals surface area contributed by atoms with Gasteiger partial charge >= 0.3 is 6.01 Å². The average Bonchev–Trinajstić information content (AvgIpc) is 3.35. The molecule has 2 saturated heterocycles. The first-order valence-electron chi connectivity index (χ1n) is 14.5. The molecule has 6 rings (SSSR count). The minimum absolute atomic E-state index is 0.0816. The van der Waals surface area contributed by atoms with Crippen LogP contribution in [0, 0.1) is 17.1 Å². The second-order valence-corrected chi connectivity index (χ2v) is 11.7. The van der Waals surface area contributed by atoms with Crippen molar-refractivity contribution in [1.82, 2.24) is 19.8 Å². The number of amides is 1. The molecular weight excluding hydrogens is 586 g/mol. The zero-order valence-electron chi connectivity index (χ0n) is 24.2. The fourth-order valence-electron chi connectivity index (χ4n) is 6.26. The molecule has 2 fully saturated rings. The van der Waals surface area contributed by atoms with E-state index in [4.69, 9.17) is 21.3 Å². The molecule has 0 unspecified atom stereocenters. The summed E-state index contributed by atoms with van der Waals surface area (Å²) in [5.41, 5.74) is 1.41. The van der Waals surface area contributed by atoms with Crippen molar-refractivity contribution in [2.75, 3.05) is 44.7 Å². The number of hydrogen-bond donors (Lipinski definition) is 0. The number of rotatable bonds is 7. The predicted molar refractivity (Wildman–Crippen MR) is 167 cm³/mol. The van der Waals surface area contributed by atoms with Crippen LogP contribution in [-0.2, 0) is 4.79 Å². The standard InChI is InChI=1S/C33H31ClF2N6O2/c1-3-30(43)42-13-12-41(18-22(42)10-11-37)32-26-15-28(36)25(24-8-4-6-20-7-5-9-27(34)31(20)24)16-29(26)38-33(39-32)44-19-23-14-21(35)17-40(23)2/h3-9,15-16,21-23H,1,10,12-14,17-19H2,2H3/t21-,22+,23+/m1/s1. The lowest BCUT2D eigenvalue weighted by Crippen LogP contribution is -2.55. The average molecular weight is 617 g/mol. The monoisotopic (exact) mass is 616 g/mol. The van der Waals surface area contributed by atoms with E-state index in [2.05, 4.69) is 17.6 Å². The third-order valence-corrected chi connectivity index (χ3v) is 8.81. The Morgan fingerprint density at radius 3 is 2.68 bits per heavy atom. The summed E-state index contributed by atoms with van der Waals surface area (Å²) >= 11 is 6.58. The second-order valence-electron chi connectivity index (χ2n) is 11.3. The molecule has 44 heavy (non-hydrogen) atoms. The Labute approximate surface area is 259 Å². The van der Waals surface area contributed by atoms with E-state index in [-0.39, 0.29) is 31.0 Å². The quantitative estimate of drug-likeness (QED) is 0.243. The lowest BCUT2D eigenvalue weighted by atomic mass is 9.96. The number of ether oxygens (including phenoxy) is 1. The molecule has 8 nitrogen and oxygen atoms in total. The van der Waals surface area contributed by atoms with Gasteiger partial charge < -0.3 is 14.5 Å². The van der Waals surface area contributed by atoms with Crippen molar-refractivity contribution in [1.29, 1.82) is 5.26 Å². The van der Waals surface area contributed by atoms with Crippen molar-refractivity contribution in [3.8, 4) is 23.2 Å². The summed E-state index contributed by atoms with van der Waals surface area (Å²) in [4.78, 5) is 27.3. The van der Waals surface area contributed by atoms with Gasteiger partial charge in [-0.2, -0.15) is 15.2 Å². The Balaban J connectivity index is 1.45. The number of piperazine rings is 1. The fourth-order valence-corrected chi connectivity index (χ4v) is 6.54. The molecule has 0 N–H and O–H groups in total. The summed E-state index contributed by atoms with van der Waals surface area (Å²) < 4.78 is 36.1. The number of nitrogens with zero attached hydrogens (tertiary/aromatic N) is 6. The molecule has 4 aromatic rings. The number of carbonyl (C=O) groups is 1. The van der Waals surface area contributed by atoms with Crippen LogP contribution in [0.2, 0.25) is 5.02 Å². The Kier molecular flexibility index (Phi) is 8.34. The third kappa shape index (κ3) is 5.65. The fraction of sp³-hybridized carbons (Fsp3) is 0.333. The van der Waals surface area contributed by atoms with E-state index in [1.165, 1.54) is 12.1 Å². The van der Waals surface area contributed by atoms with E-state index in [1.807, 2.05) is 47.2 Å². The highest BCUT2D eigenvalue weighted by Gasteiger charge is 2.33. The molecule has 0 saturated carbocycles.